The van der Waals surface area contributed by atoms with E-state index in [1.807, 2.05) is 18.2 Å². The number of halogens is 1. The van der Waals surface area contributed by atoms with Gasteiger partial charge in [0.1, 0.15) is 0 Å². The van der Waals surface area contributed by atoms with Gasteiger partial charge in [-0.2, -0.15) is 0 Å². The summed E-state index contributed by atoms with van der Waals surface area (Å²) in [6.07, 6.45) is 4.77. The summed E-state index contributed by atoms with van der Waals surface area (Å²) in [6.45, 7) is 6.52. The number of hydrogen-bond donors (Lipinski definition) is 1. The Morgan fingerprint density at radius 3 is 2.29 bits per heavy atom. The summed E-state index contributed by atoms with van der Waals surface area (Å²) >= 11 is 6.26. The standard InChI is InChI=1S/C30H34ClN3O/c1-23-14-16-30(17-15-23,34-20-18-33(19-21-34)26-10-3-2-4-11-26)24-8-7-9-25(22-24)32-29(35)27-12-5-6-13-28(27)31/h2-13,22-23H,14-21H2,1H3,(H,32,35)/t23-,30-. The molecule has 0 bridgehead atoms. The maximum absolute atomic E-state index is 12.9. The maximum atomic E-state index is 12.9. The number of amides is 1. The predicted molar refractivity (Wildman–Crippen MR) is 145 cm³/mol. The lowest BCUT2D eigenvalue weighted by atomic mass is 9.71. The van der Waals surface area contributed by atoms with Gasteiger partial charge in [0.2, 0.25) is 0 Å². The van der Waals surface area contributed by atoms with Crippen LogP contribution in [0.1, 0.15) is 48.5 Å². The van der Waals surface area contributed by atoms with Gasteiger partial charge in [0.25, 0.3) is 5.91 Å². The molecule has 3 aromatic carbocycles. The van der Waals surface area contributed by atoms with Crippen LogP contribution in [0.3, 0.4) is 0 Å². The average molecular weight is 488 g/mol. The monoisotopic (exact) mass is 487 g/mol. The van der Waals surface area contributed by atoms with E-state index in [9.17, 15) is 4.79 Å². The summed E-state index contributed by atoms with van der Waals surface area (Å²) < 4.78 is 0. The molecule has 1 saturated heterocycles. The smallest absolute Gasteiger partial charge is 0.257 e. The number of benzene rings is 3. The van der Waals surface area contributed by atoms with Crippen LogP contribution in [0.5, 0.6) is 0 Å². The number of nitrogens with zero attached hydrogens (tertiary/aromatic N) is 2. The fourth-order valence-electron chi connectivity index (χ4n) is 5.79. The SMILES string of the molecule is C[C@H]1CC[C@](c2cccc(NC(=O)c3ccccc3Cl)c2)(N2CCN(c3ccccc3)CC2)CC1. The van der Waals surface area contributed by atoms with Gasteiger partial charge in [0, 0.05) is 43.1 Å². The Kier molecular flexibility index (Phi) is 7.12. The van der Waals surface area contributed by atoms with Crippen LogP contribution in [0.25, 0.3) is 0 Å². The van der Waals surface area contributed by atoms with E-state index in [1.165, 1.54) is 24.1 Å². The van der Waals surface area contributed by atoms with Crippen LogP contribution >= 0.6 is 11.6 Å². The van der Waals surface area contributed by atoms with Crippen LogP contribution < -0.4 is 10.2 Å². The van der Waals surface area contributed by atoms with Gasteiger partial charge in [0.05, 0.1) is 10.6 Å². The number of nitrogens with one attached hydrogen (secondary N) is 1. The number of rotatable bonds is 5. The van der Waals surface area contributed by atoms with Crippen molar-refractivity contribution in [1.29, 1.82) is 0 Å². The van der Waals surface area contributed by atoms with Gasteiger partial charge >= 0.3 is 0 Å². The highest BCUT2D eigenvalue weighted by Crippen LogP contribution is 2.45. The lowest BCUT2D eigenvalue weighted by molar-refractivity contribution is 0.0299. The molecule has 1 aliphatic heterocycles. The van der Waals surface area contributed by atoms with Gasteiger partial charge in [-0.25, -0.2) is 0 Å². The Morgan fingerprint density at radius 2 is 1.57 bits per heavy atom. The Morgan fingerprint density at radius 1 is 0.886 bits per heavy atom. The van der Waals surface area contributed by atoms with Gasteiger partial charge < -0.3 is 10.2 Å². The van der Waals surface area contributed by atoms with E-state index in [-0.39, 0.29) is 11.4 Å². The second-order valence-corrected chi connectivity index (χ2v) is 10.4. The van der Waals surface area contributed by atoms with Gasteiger partial charge in [0.15, 0.2) is 0 Å². The van der Waals surface area contributed by atoms with Crippen molar-refractivity contribution >= 4 is 28.9 Å². The third-order valence-corrected chi connectivity index (χ3v) is 8.21. The molecule has 2 aliphatic rings. The molecule has 5 heteroatoms. The number of carbonyl (C=O) groups excluding carboxylic acids is 1. The van der Waals surface area contributed by atoms with E-state index < -0.39 is 0 Å². The first-order valence-corrected chi connectivity index (χ1v) is 13.1. The molecule has 0 spiro atoms. The number of hydrogen-bond acceptors (Lipinski definition) is 3. The molecule has 1 saturated carbocycles. The normalized spacial score (nSPS) is 23.1. The summed E-state index contributed by atoms with van der Waals surface area (Å²) in [5.41, 5.74) is 3.96. The number of anilines is 2. The molecule has 2 fully saturated rings. The van der Waals surface area contributed by atoms with Crippen molar-refractivity contribution in [3.05, 3.63) is 95.0 Å². The molecule has 3 aromatic rings. The molecule has 0 atom stereocenters. The first kappa shape index (κ1) is 23.9. The van der Waals surface area contributed by atoms with Crippen molar-refractivity contribution in [3.8, 4) is 0 Å². The molecule has 0 radical (unpaired) electrons. The number of piperazine rings is 1. The largest absolute Gasteiger partial charge is 0.369 e. The lowest BCUT2D eigenvalue weighted by Crippen LogP contribution is -2.56. The van der Waals surface area contributed by atoms with Crippen molar-refractivity contribution in [2.24, 2.45) is 5.92 Å². The highest BCUT2D eigenvalue weighted by atomic mass is 35.5. The molecule has 5 rings (SSSR count). The molecular formula is C30H34ClN3O. The maximum Gasteiger partial charge on any atom is 0.257 e. The summed E-state index contributed by atoms with van der Waals surface area (Å²) in [7, 11) is 0. The van der Waals surface area contributed by atoms with Crippen LogP contribution in [0.15, 0.2) is 78.9 Å². The van der Waals surface area contributed by atoms with E-state index in [4.69, 9.17) is 11.6 Å². The van der Waals surface area contributed by atoms with E-state index >= 15 is 0 Å². The summed E-state index contributed by atoms with van der Waals surface area (Å²) in [5, 5.41) is 3.55. The van der Waals surface area contributed by atoms with Crippen LogP contribution in [0.2, 0.25) is 5.02 Å². The number of para-hydroxylation sites is 1. The van der Waals surface area contributed by atoms with Gasteiger partial charge in [-0.3, -0.25) is 9.69 Å². The highest BCUT2D eigenvalue weighted by Gasteiger charge is 2.42. The zero-order valence-corrected chi connectivity index (χ0v) is 21.2. The van der Waals surface area contributed by atoms with Crippen molar-refractivity contribution in [1.82, 2.24) is 4.90 Å². The zero-order chi connectivity index (χ0) is 24.3. The minimum absolute atomic E-state index is 0.0143. The first-order chi connectivity index (χ1) is 17.0. The average Bonchev–Trinajstić information content (AvgIpc) is 2.90. The highest BCUT2D eigenvalue weighted by molar-refractivity contribution is 6.34. The molecule has 0 aromatic heterocycles. The van der Waals surface area contributed by atoms with Crippen LogP contribution in [-0.4, -0.2) is 37.0 Å². The van der Waals surface area contributed by atoms with E-state index in [0.717, 1.165) is 50.6 Å². The summed E-state index contributed by atoms with van der Waals surface area (Å²) in [4.78, 5) is 18.1. The van der Waals surface area contributed by atoms with Crippen LogP contribution in [-0.2, 0) is 5.54 Å². The van der Waals surface area contributed by atoms with Gasteiger partial charge in [-0.05, 0) is 73.6 Å². The van der Waals surface area contributed by atoms with E-state index in [0.29, 0.717) is 10.6 Å². The molecule has 1 aliphatic carbocycles. The van der Waals surface area contributed by atoms with E-state index in [2.05, 4.69) is 70.6 Å². The second kappa shape index (κ2) is 10.4. The van der Waals surface area contributed by atoms with Crippen LogP contribution in [0.4, 0.5) is 11.4 Å². The predicted octanol–water partition coefficient (Wildman–Crippen LogP) is 6.82. The molecule has 4 nitrogen and oxygen atoms in total. The Balaban J connectivity index is 1.38. The molecule has 35 heavy (non-hydrogen) atoms. The quantitative estimate of drug-likeness (QED) is 0.429. The molecular weight excluding hydrogens is 454 g/mol. The third-order valence-electron chi connectivity index (χ3n) is 7.88. The van der Waals surface area contributed by atoms with Crippen molar-refractivity contribution < 1.29 is 4.79 Å². The molecule has 1 amide bonds. The van der Waals surface area contributed by atoms with Gasteiger partial charge in [-0.15, -0.1) is 0 Å². The minimum atomic E-state index is -0.171. The van der Waals surface area contributed by atoms with E-state index in [1.54, 1.807) is 12.1 Å². The fourth-order valence-corrected chi connectivity index (χ4v) is 6.01. The number of carbonyl (C=O) groups is 1. The summed E-state index contributed by atoms with van der Waals surface area (Å²) in [6, 6.07) is 26.4. The first-order valence-electron chi connectivity index (χ1n) is 12.8. The van der Waals surface area contributed by atoms with Crippen LogP contribution in [0, 0.1) is 5.92 Å². The second-order valence-electron chi connectivity index (χ2n) is 10.0. The summed E-state index contributed by atoms with van der Waals surface area (Å²) in [5.74, 6) is 0.590. The molecule has 1 heterocycles. The molecule has 182 valence electrons. The van der Waals surface area contributed by atoms with Crippen molar-refractivity contribution in [2.75, 3.05) is 36.4 Å². The van der Waals surface area contributed by atoms with Crippen molar-refractivity contribution in [3.63, 3.8) is 0 Å². The minimum Gasteiger partial charge on any atom is -0.369 e. The molecule has 1 N–H and O–H groups in total. The lowest BCUT2D eigenvalue weighted by Gasteiger charge is -2.51. The topological polar surface area (TPSA) is 35.6 Å². The Hall–Kier alpha value is -2.82. The van der Waals surface area contributed by atoms with Gasteiger partial charge in [-0.1, -0.05) is 61.0 Å². The fraction of sp³-hybridized carbons (Fsp3) is 0.367. The molecule has 0 unspecified atom stereocenters. The zero-order valence-electron chi connectivity index (χ0n) is 20.4. The third kappa shape index (κ3) is 5.10. The van der Waals surface area contributed by atoms with Crippen molar-refractivity contribution in [2.45, 2.75) is 38.1 Å². The Labute approximate surface area is 213 Å². The Bertz CT molecular complexity index is 1150.